The molecule has 0 radical (unpaired) electrons. The number of benzene rings is 2. The summed E-state index contributed by atoms with van der Waals surface area (Å²) in [6.07, 6.45) is 1.57. The van der Waals surface area contributed by atoms with Crippen LogP contribution in [0.3, 0.4) is 0 Å². The molecule has 122 valence electrons. The second-order valence-electron chi connectivity index (χ2n) is 5.21. The largest absolute Gasteiger partial charge is 0.354 e. The number of nitriles is 1. The molecule has 1 heterocycles. The van der Waals surface area contributed by atoms with Crippen molar-refractivity contribution in [3.63, 3.8) is 0 Å². The van der Waals surface area contributed by atoms with Crippen LogP contribution >= 0.6 is 0 Å². The van der Waals surface area contributed by atoms with Crippen LogP contribution in [0.15, 0.2) is 66.9 Å². The van der Waals surface area contributed by atoms with Gasteiger partial charge in [-0.1, -0.05) is 6.07 Å². The van der Waals surface area contributed by atoms with Crippen LogP contribution in [0, 0.1) is 17.1 Å². The standard InChI is InChI=1S/C19H13FN4O/c20-15-3-1-2-14(10-15)19(25)24-18-9-8-17(12-22-18)23-16-6-4-13(11-21)5-7-16/h1-10,12,23H,(H,22,24,25). The number of pyridine rings is 1. The van der Waals surface area contributed by atoms with E-state index in [0.717, 1.165) is 17.4 Å². The number of amides is 1. The molecule has 0 unspecified atom stereocenters. The van der Waals surface area contributed by atoms with Crippen molar-refractivity contribution in [3.05, 3.63) is 83.8 Å². The Balaban J connectivity index is 1.65. The Morgan fingerprint density at radius 1 is 1.04 bits per heavy atom. The van der Waals surface area contributed by atoms with Gasteiger partial charge in [0.15, 0.2) is 0 Å². The molecule has 0 saturated carbocycles. The fraction of sp³-hybridized carbons (Fsp3) is 0. The second-order valence-corrected chi connectivity index (χ2v) is 5.21. The lowest BCUT2D eigenvalue weighted by Crippen LogP contribution is -2.13. The summed E-state index contributed by atoms with van der Waals surface area (Å²) in [5, 5.41) is 14.5. The van der Waals surface area contributed by atoms with E-state index in [0.29, 0.717) is 11.4 Å². The number of carbonyl (C=O) groups is 1. The summed E-state index contributed by atoms with van der Waals surface area (Å²) in [7, 11) is 0. The quantitative estimate of drug-likeness (QED) is 0.754. The van der Waals surface area contributed by atoms with Gasteiger partial charge in [0.25, 0.3) is 5.91 Å². The molecule has 0 aliphatic heterocycles. The lowest BCUT2D eigenvalue weighted by atomic mass is 10.2. The van der Waals surface area contributed by atoms with E-state index in [9.17, 15) is 9.18 Å². The molecule has 5 nitrogen and oxygen atoms in total. The number of nitrogens with zero attached hydrogens (tertiary/aromatic N) is 2. The Morgan fingerprint density at radius 3 is 2.44 bits per heavy atom. The number of hydrogen-bond donors (Lipinski definition) is 2. The predicted molar refractivity (Wildman–Crippen MR) is 93.0 cm³/mol. The molecule has 3 rings (SSSR count). The minimum atomic E-state index is -0.470. The van der Waals surface area contributed by atoms with Crippen molar-refractivity contribution < 1.29 is 9.18 Å². The smallest absolute Gasteiger partial charge is 0.256 e. The minimum Gasteiger partial charge on any atom is -0.354 e. The maximum atomic E-state index is 13.2. The molecular formula is C19H13FN4O. The van der Waals surface area contributed by atoms with Gasteiger partial charge in [-0.3, -0.25) is 4.79 Å². The summed E-state index contributed by atoms with van der Waals surface area (Å²) in [5.41, 5.74) is 2.35. The van der Waals surface area contributed by atoms with Crippen LogP contribution in [-0.4, -0.2) is 10.9 Å². The van der Waals surface area contributed by atoms with Crippen molar-refractivity contribution in [2.24, 2.45) is 0 Å². The number of carbonyl (C=O) groups excluding carboxylic acids is 1. The van der Waals surface area contributed by atoms with Crippen LogP contribution in [0.2, 0.25) is 0 Å². The molecule has 0 aliphatic carbocycles. The second kappa shape index (κ2) is 7.23. The highest BCUT2D eigenvalue weighted by molar-refractivity contribution is 6.03. The lowest BCUT2D eigenvalue weighted by molar-refractivity contribution is 0.102. The van der Waals surface area contributed by atoms with E-state index in [-0.39, 0.29) is 5.56 Å². The molecule has 2 aromatic carbocycles. The molecule has 6 heteroatoms. The molecule has 3 aromatic rings. The van der Waals surface area contributed by atoms with Gasteiger partial charge in [-0.25, -0.2) is 9.37 Å². The van der Waals surface area contributed by atoms with Crippen LogP contribution in [0.4, 0.5) is 21.6 Å². The van der Waals surface area contributed by atoms with E-state index in [1.54, 1.807) is 42.6 Å². The van der Waals surface area contributed by atoms with Crippen LogP contribution in [0.1, 0.15) is 15.9 Å². The first-order valence-electron chi connectivity index (χ1n) is 7.44. The average molecular weight is 332 g/mol. The first-order valence-corrected chi connectivity index (χ1v) is 7.44. The van der Waals surface area contributed by atoms with Gasteiger partial charge in [-0.05, 0) is 54.6 Å². The highest BCUT2D eigenvalue weighted by Gasteiger charge is 2.07. The zero-order chi connectivity index (χ0) is 17.6. The molecule has 0 saturated heterocycles. The zero-order valence-electron chi connectivity index (χ0n) is 13.0. The van der Waals surface area contributed by atoms with Crippen molar-refractivity contribution in [2.75, 3.05) is 10.6 Å². The lowest BCUT2D eigenvalue weighted by Gasteiger charge is -2.08. The number of rotatable bonds is 4. The Bertz CT molecular complexity index is 931. The first kappa shape index (κ1) is 16.1. The van der Waals surface area contributed by atoms with Gasteiger partial charge in [0, 0.05) is 11.3 Å². The summed E-state index contributed by atoms with van der Waals surface area (Å²) in [6.45, 7) is 0. The van der Waals surface area contributed by atoms with Gasteiger partial charge in [-0.15, -0.1) is 0 Å². The molecule has 1 amide bonds. The maximum absolute atomic E-state index is 13.2. The number of aromatic nitrogens is 1. The van der Waals surface area contributed by atoms with E-state index < -0.39 is 11.7 Å². The minimum absolute atomic E-state index is 0.224. The van der Waals surface area contributed by atoms with Gasteiger partial charge in [0.05, 0.1) is 23.5 Å². The van der Waals surface area contributed by atoms with Crippen molar-refractivity contribution in [1.29, 1.82) is 5.26 Å². The molecule has 0 spiro atoms. The third kappa shape index (κ3) is 4.18. The monoisotopic (exact) mass is 332 g/mol. The third-order valence-electron chi connectivity index (χ3n) is 3.39. The molecule has 0 aliphatic rings. The van der Waals surface area contributed by atoms with E-state index in [1.807, 2.05) is 0 Å². The van der Waals surface area contributed by atoms with E-state index in [1.165, 1.54) is 18.2 Å². The highest BCUT2D eigenvalue weighted by Crippen LogP contribution is 2.18. The number of halogens is 1. The molecule has 0 fully saturated rings. The van der Waals surface area contributed by atoms with E-state index >= 15 is 0 Å². The predicted octanol–water partition coefficient (Wildman–Crippen LogP) is 4.09. The Morgan fingerprint density at radius 2 is 1.80 bits per heavy atom. The third-order valence-corrected chi connectivity index (χ3v) is 3.39. The van der Waals surface area contributed by atoms with Gasteiger partial charge in [0.1, 0.15) is 11.6 Å². The summed E-state index contributed by atoms with van der Waals surface area (Å²) < 4.78 is 13.2. The molecular weight excluding hydrogens is 319 g/mol. The summed E-state index contributed by atoms with van der Waals surface area (Å²) in [5.74, 6) is -0.540. The SMILES string of the molecule is N#Cc1ccc(Nc2ccc(NC(=O)c3cccc(F)c3)nc2)cc1. The summed E-state index contributed by atoms with van der Waals surface area (Å²) in [6, 6.07) is 17.9. The topological polar surface area (TPSA) is 77.8 Å². The fourth-order valence-corrected chi connectivity index (χ4v) is 2.15. The molecule has 0 atom stereocenters. The highest BCUT2D eigenvalue weighted by atomic mass is 19.1. The number of anilines is 3. The van der Waals surface area contributed by atoms with Crippen LogP contribution in [0.25, 0.3) is 0 Å². The summed E-state index contributed by atoms with van der Waals surface area (Å²) in [4.78, 5) is 16.2. The van der Waals surface area contributed by atoms with Crippen LogP contribution in [-0.2, 0) is 0 Å². The van der Waals surface area contributed by atoms with Crippen molar-refractivity contribution in [1.82, 2.24) is 4.98 Å². The van der Waals surface area contributed by atoms with Gasteiger partial charge >= 0.3 is 0 Å². The van der Waals surface area contributed by atoms with Gasteiger partial charge in [-0.2, -0.15) is 5.26 Å². The van der Waals surface area contributed by atoms with Crippen LogP contribution in [0.5, 0.6) is 0 Å². The van der Waals surface area contributed by atoms with Crippen molar-refractivity contribution >= 4 is 23.1 Å². The first-order chi connectivity index (χ1) is 12.1. The molecule has 25 heavy (non-hydrogen) atoms. The van der Waals surface area contributed by atoms with E-state index in [2.05, 4.69) is 21.7 Å². The van der Waals surface area contributed by atoms with Crippen molar-refractivity contribution in [3.8, 4) is 6.07 Å². The molecule has 0 bridgehead atoms. The Kier molecular flexibility index (Phi) is 4.67. The molecule has 1 aromatic heterocycles. The van der Waals surface area contributed by atoms with E-state index in [4.69, 9.17) is 5.26 Å². The Labute approximate surface area is 143 Å². The average Bonchev–Trinajstić information content (AvgIpc) is 2.64. The fourth-order valence-electron chi connectivity index (χ4n) is 2.15. The number of nitrogens with one attached hydrogen (secondary N) is 2. The van der Waals surface area contributed by atoms with Crippen LogP contribution < -0.4 is 10.6 Å². The zero-order valence-corrected chi connectivity index (χ0v) is 13.0. The maximum Gasteiger partial charge on any atom is 0.256 e. The van der Waals surface area contributed by atoms with Crippen molar-refractivity contribution in [2.45, 2.75) is 0 Å². The normalized spacial score (nSPS) is 9.92. The van der Waals surface area contributed by atoms with Gasteiger partial charge < -0.3 is 10.6 Å². The Hall–Kier alpha value is -3.72. The van der Waals surface area contributed by atoms with Gasteiger partial charge in [0.2, 0.25) is 0 Å². The number of hydrogen-bond acceptors (Lipinski definition) is 4. The summed E-state index contributed by atoms with van der Waals surface area (Å²) >= 11 is 0. The molecule has 2 N–H and O–H groups in total.